The lowest BCUT2D eigenvalue weighted by Gasteiger charge is -2.20. The van der Waals surface area contributed by atoms with Crippen LogP contribution < -0.4 is 0 Å². The quantitative estimate of drug-likeness (QED) is 0.496. The van der Waals surface area contributed by atoms with Gasteiger partial charge in [-0.25, -0.2) is 4.79 Å². The Morgan fingerprint density at radius 3 is 2.83 bits per heavy atom. The lowest BCUT2D eigenvalue weighted by atomic mass is 9.98. The van der Waals surface area contributed by atoms with E-state index in [4.69, 9.17) is 0 Å². The molecule has 0 bridgehead atoms. The van der Waals surface area contributed by atoms with Gasteiger partial charge in [0.1, 0.15) is 0 Å². The van der Waals surface area contributed by atoms with Crippen LogP contribution in [0.15, 0.2) is 17.3 Å². The van der Waals surface area contributed by atoms with Gasteiger partial charge in [0.25, 0.3) is 0 Å². The van der Waals surface area contributed by atoms with Crippen molar-refractivity contribution in [2.24, 2.45) is 10.9 Å². The number of carbonyl (C=O) groups excluding carboxylic acids is 1. The average Bonchev–Trinajstić information content (AvgIpc) is 2.06. The molecule has 0 atom stereocenters. The van der Waals surface area contributed by atoms with E-state index in [0.29, 0.717) is 11.6 Å². The van der Waals surface area contributed by atoms with Crippen LogP contribution in [0.4, 0.5) is 0 Å². The van der Waals surface area contributed by atoms with E-state index in [-0.39, 0.29) is 0 Å². The minimum atomic E-state index is 0.682. The smallest absolute Gasteiger partial charge is 0.211 e. The predicted molar refractivity (Wildman–Crippen MR) is 51.9 cm³/mol. The van der Waals surface area contributed by atoms with Gasteiger partial charge in [-0.3, -0.25) is 0 Å². The molecule has 12 heavy (non-hydrogen) atoms. The summed E-state index contributed by atoms with van der Waals surface area (Å²) >= 11 is 2.00. The molecule has 0 aliphatic carbocycles. The number of allylic oxidation sites excluding steroid dienone is 1. The topological polar surface area (TPSA) is 29.4 Å². The summed E-state index contributed by atoms with van der Waals surface area (Å²) < 4.78 is 0. The van der Waals surface area contributed by atoms with E-state index in [1.807, 2.05) is 11.8 Å². The van der Waals surface area contributed by atoms with Gasteiger partial charge >= 0.3 is 0 Å². The van der Waals surface area contributed by atoms with E-state index in [1.54, 1.807) is 0 Å². The maximum absolute atomic E-state index is 9.90. The Morgan fingerprint density at radius 1 is 1.58 bits per heavy atom. The van der Waals surface area contributed by atoms with Gasteiger partial charge in [0, 0.05) is 5.70 Å². The van der Waals surface area contributed by atoms with Crippen molar-refractivity contribution in [1.82, 2.24) is 0 Å². The van der Waals surface area contributed by atoms with Crippen molar-refractivity contribution in [2.75, 3.05) is 11.5 Å². The fourth-order valence-electron chi connectivity index (χ4n) is 1.39. The number of thioether (sulfide) groups is 1. The molecule has 1 heterocycles. The maximum atomic E-state index is 9.90. The molecule has 2 nitrogen and oxygen atoms in total. The number of hydrogen-bond donors (Lipinski definition) is 0. The first-order chi connectivity index (χ1) is 5.83. The lowest BCUT2D eigenvalue weighted by molar-refractivity contribution is 0.484. The van der Waals surface area contributed by atoms with E-state index in [1.165, 1.54) is 30.4 Å². The van der Waals surface area contributed by atoms with Crippen molar-refractivity contribution in [3.8, 4) is 0 Å². The largest absolute Gasteiger partial charge is 0.240 e. The van der Waals surface area contributed by atoms with Crippen molar-refractivity contribution < 1.29 is 4.79 Å². The van der Waals surface area contributed by atoms with E-state index >= 15 is 0 Å². The van der Waals surface area contributed by atoms with Crippen LogP contribution in [0.25, 0.3) is 0 Å². The minimum Gasteiger partial charge on any atom is -0.211 e. The molecular formula is C9H13NOS. The molecule has 0 radical (unpaired) electrons. The molecule has 1 aliphatic heterocycles. The van der Waals surface area contributed by atoms with Crippen LogP contribution in [-0.2, 0) is 4.79 Å². The van der Waals surface area contributed by atoms with Crippen molar-refractivity contribution in [1.29, 1.82) is 0 Å². The molecule has 0 aromatic rings. The third-order valence-electron chi connectivity index (χ3n) is 2.07. The van der Waals surface area contributed by atoms with E-state index in [2.05, 4.69) is 11.6 Å². The predicted octanol–water partition coefficient (Wildman–Crippen LogP) is 2.37. The van der Waals surface area contributed by atoms with Gasteiger partial charge in [-0.1, -0.05) is 6.58 Å². The monoisotopic (exact) mass is 183 g/mol. The van der Waals surface area contributed by atoms with Crippen molar-refractivity contribution in [2.45, 2.75) is 19.3 Å². The highest BCUT2D eigenvalue weighted by Gasteiger charge is 2.14. The molecule has 1 rings (SSSR count). The molecule has 66 valence electrons. The number of aliphatic imine (C=N–C) groups is 1. The van der Waals surface area contributed by atoms with Gasteiger partial charge < -0.3 is 0 Å². The summed E-state index contributed by atoms with van der Waals surface area (Å²) in [6.07, 6.45) is 4.87. The number of hydrogen-bond acceptors (Lipinski definition) is 3. The van der Waals surface area contributed by atoms with Gasteiger partial charge in [0.15, 0.2) is 0 Å². The van der Waals surface area contributed by atoms with E-state index in [0.717, 1.165) is 6.42 Å². The molecule has 1 fully saturated rings. The van der Waals surface area contributed by atoms with Crippen molar-refractivity contribution in [3.05, 3.63) is 12.3 Å². The molecule has 0 saturated carbocycles. The second-order valence-electron chi connectivity index (χ2n) is 3.03. The third-order valence-corrected chi connectivity index (χ3v) is 3.12. The minimum absolute atomic E-state index is 0.682. The fraction of sp³-hybridized carbons (Fsp3) is 0.667. The summed E-state index contributed by atoms with van der Waals surface area (Å²) in [6.45, 7) is 3.70. The first-order valence-corrected chi connectivity index (χ1v) is 5.32. The molecule has 0 unspecified atom stereocenters. The molecule has 1 saturated heterocycles. The van der Waals surface area contributed by atoms with Gasteiger partial charge in [0.05, 0.1) is 0 Å². The van der Waals surface area contributed by atoms with Crippen LogP contribution in [0.1, 0.15) is 19.3 Å². The first-order valence-electron chi connectivity index (χ1n) is 4.16. The molecular weight excluding hydrogens is 170 g/mol. The van der Waals surface area contributed by atoms with Crippen LogP contribution in [0.5, 0.6) is 0 Å². The standard InChI is InChI=1S/C9H13NOS/c1-8(10-7-11)6-9-2-4-12-5-3-9/h9H,1-6H2. The highest BCUT2D eigenvalue weighted by Crippen LogP contribution is 2.27. The van der Waals surface area contributed by atoms with Gasteiger partial charge in [-0.2, -0.15) is 16.8 Å². The van der Waals surface area contributed by atoms with Crippen LogP contribution in [-0.4, -0.2) is 17.6 Å². The Bertz CT molecular complexity index is 203. The Morgan fingerprint density at radius 2 is 2.25 bits per heavy atom. The van der Waals surface area contributed by atoms with Crippen LogP contribution >= 0.6 is 11.8 Å². The third kappa shape index (κ3) is 3.24. The lowest BCUT2D eigenvalue weighted by Crippen LogP contribution is -2.09. The zero-order valence-corrected chi connectivity index (χ0v) is 7.90. The van der Waals surface area contributed by atoms with E-state index < -0.39 is 0 Å². The summed E-state index contributed by atoms with van der Waals surface area (Å²) in [5.74, 6) is 3.17. The van der Waals surface area contributed by atoms with Crippen LogP contribution in [0.3, 0.4) is 0 Å². The number of rotatable bonds is 3. The average molecular weight is 183 g/mol. The Balaban J connectivity index is 2.29. The van der Waals surface area contributed by atoms with Gasteiger partial charge in [0.2, 0.25) is 6.08 Å². The molecule has 0 N–H and O–H groups in total. The first kappa shape index (κ1) is 9.56. The molecule has 3 heteroatoms. The fourth-order valence-corrected chi connectivity index (χ4v) is 2.60. The van der Waals surface area contributed by atoms with Crippen LogP contribution in [0.2, 0.25) is 0 Å². The second-order valence-corrected chi connectivity index (χ2v) is 4.25. The molecule has 0 amide bonds. The molecule has 0 aromatic carbocycles. The zero-order chi connectivity index (χ0) is 8.81. The summed E-state index contributed by atoms with van der Waals surface area (Å²) in [7, 11) is 0. The van der Waals surface area contributed by atoms with Crippen molar-refractivity contribution >= 4 is 17.8 Å². The Labute approximate surface area is 77.1 Å². The highest BCUT2D eigenvalue weighted by molar-refractivity contribution is 7.99. The Kier molecular flexibility index (Phi) is 4.12. The summed E-state index contributed by atoms with van der Waals surface area (Å²) in [4.78, 5) is 13.4. The van der Waals surface area contributed by atoms with Gasteiger partial charge in [-0.15, -0.1) is 0 Å². The van der Waals surface area contributed by atoms with Crippen molar-refractivity contribution in [3.63, 3.8) is 0 Å². The normalized spacial score (nSPS) is 18.3. The van der Waals surface area contributed by atoms with Crippen LogP contribution in [0, 0.1) is 5.92 Å². The summed E-state index contributed by atoms with van der Waals surface area (Å²) in [6, 6.07) is 0. The van der Waals surface area contributed by atoms with E-state index in [9.17, 15) is 4.79 Å². The second kappa shape index (κ2) is 5.18. The Hall–Kier alpha value is -0.530. The number of isocyanates is 1. The maximum Gasteiger partial charge on any atom is 0.240 e. The molecule has 0 spiro atoms. The SMILES string of the molecule is C=C(CC1CCSCC1)N=C=O. The van der Waals surface area contributed by atoms with Gasteiger partial charge in [-0.05, 0) is 36.7 Å². The molecule has 1 aliphatic rings. The summed E-state index contributed by atoms with van der Waals surface area (Å²) in [5, 5.41) is 0. The number of nitrogens with zero attached hydrogens (tertiary/aromatic N) is 1. The summed E-state index contributed by atoms with van der Waals surface area (Å²) in [5.41, 5.74) is 0.682. The zero-order valence-electron chi connectivity index (χ0n) is 7.08. The molecule has 0 aromatic heterocycles. The highest BCUT2D eigenvalue weighted by atomic mass is 32.2.